The molecule has 5 heteroatoms. The maximum Gasteiger partial charge on any atom is 0.0947 e. The van der Waals surface area contributed by atoms with Crippen LogP contribution in [0.15, 0.2) is 23.0 Å². The fourth-order valence-corrected chi connectivity index (χ4v) is 1.85. The number of methoxy groups -OCH3 is 2. The van der Waals surface area contributed by atoms with Gasteiger partial charge in [0.05, 0.1) is 19.1 Å². The molecule has 1 N–H and O–H groups in total. The summed E-state index contributed by atoms with van der Waals surface area (Å²) in [6.07, 6.45) is 4.53. The van der Waals surface area contributed by atoms with E-state index in [0.717, 1.165) is 52.4 Å². The Labute approximate surface area is 115 Å². The third-order valence-corrected chi connectivity index (χ3v) is 2.95. The van der Waals surface area contributed by atoms with E-state index in [1.54, 1.807) is 26.7 Å². The summed E-state index contributed by atoms with van der Waals surface area (Å²) in [5.74, 6) is 0. The molecule has 110 valence electrons. The summed E-state index contributed by atoms with van der Waals surface area (Å²) >= 11 is 0. The standard InChI is InChI=1S/C14H26N2O3/c1-17-9-3-6-16(8-11-18-2)7-5-15-12-14-4-10-19-13-14/h4,10,13,15H,3,5-9,11-12H2,1-2H3. The molecule has 1 heterocycles. The second-order valence-electron chi connectivity index (χ2n) is 4.49. The number of hydrogen-bond donors (Lipinski definition) is 1. The van der Waals surface area contributed by atoms with Crippen LogP contribution in [0, 0.1) is 0 Å². The summed E-state index contributed by atoms with van der Waals surface area (Å²) in [6, 6.07) is 1.98. The predicted molar refractivity (Wildman–Crippen MR) is 75.2 cm³/mol. The third kappa shape index (κ3) is 8.00. The van der Waals surface area contributed by atoms with Gasteiger partial charge in [-0.2, -0.15) is 0 Å². The summed E-state index contributed by atoms with van der Waals surface area (Å²) in [7, 11) is 3.48. The zero-order valence-electron chi connectivity index (χ0n) is 12.1. The summed E-state index contributed by atoms with van der Waals surface area (Å²) in [6.45, 7) is 6.43. The Morgan fingerprint density at radius 2 is 2.00 bits per heavy atom. The van der Waals surface area contributed by atoms with Gasteiger partial charge in [-0.05, 0) is 12.5 Å². The Balaban J connectivity index is 2.11. The van der Waals surface area contributed by atoms with Crippen LogP contribution >= 0.6 is 0 Å². The van der Waals surface area contributed by atoms with Crippen LogP contribution in [0.5, 0.6) is 0 Å². The minimum Gasteiger partial charge on any atom is -0.472 e. The van der Waals surface area contributed by atoms with E-state index < -0.39 is 0 Å². The van der Waals surface area contributed by atoms with Crippen LogP contribution in [0.2, 0.25) is 0 Å². The zero-order chi connectivity index (χ0) is 13.8. The third-order valence-electron chi connectivity index (χ3n) is 2.95. The van der Waals surface area contributed by atoms with Crippen molar-refractivity contribution in [2.45, 2.75) is 13.0 Å². The topological polar surface area (TPSA) is 46.9 Å². The number of nitrogens with one attached hydrogen (secondary N) is 1. The lowest BCUT2D eigenvalue weighted by Gasteiger charge is -2.21. The van der Waals surface area contributed by atoms with Crippen molar-refractivity contribution in [2.75, 3.05) is 53.6 Å². The Bertz CT molecular complexity index is 291. The van der Waals surface area contributed by atoms with Crippen LogP contribution in [0.25, 0.3) is 0 Å². The minimum absolute atomic E-state index is 0.773. The van der Waals surface area contributed by atoms with E-state index in [4.69, 9.17) is 13.9 Å². The maximum atomic E-state index is 5.14. The molecule has 0 atom stereocenters. The number of nitrogens with zero attached hydrogens (tertiary/aromatic N) is 1. The van der Waals surface area contributed by atoms with Crippen molar-refractivity contribution in [1.29, 1.82) is 0 Å². The minimum atomic E-state index is 0.773. The Morgan fingerprint density at radius 1 is 1.16 bits per heavy atom. The molecule has 1 aromatic heterocycles. The van der Waals surface area contributed by atoms with Crippen molar-refractivity contribution in [3.05, 3.63) is 24.2 Å². The highest BCUT2D eigenvalue weighted by atomic mass is 16.5. The smallest absolute Gasteiger partial charge is 0.0947 e. The van der Waals surface area contributed by atoms with Crippen molar-refractivity contribution >= 4 is 0 Å². The van der Waals surface area contributed by atoms with Gasteiger partial charge in [-0.3, -0.25) is 4.90 Å². The largest absolute Gasteiger partial charge is 0.472 e. The monoisotopic (exact) mass is 270 g/mol. The SMILES string of the molecule is COCCCN(CCNCc1ccoc1)CCOC. The molecule has 0 aliphatic carbocycles. The van der Waals surface area contributed by atoms with Crippen LogP contribution in [-0.4, -0.2) is 58.5 Å². The summed E-state index contributed by atoms with van der Waals surface area (Å²) in [4.78, 5) is 2.39. The van der Waals surface area contributed by atoms with Gasteiger partial charge in [0.25, 0.3) is 0 Å². The first-order valence-corrected chi connectivity index (χ1v) is 6.79. The number of hydrogen-bond acceptors (Lipinski definition) is 5. The molecule has 19 heavy (non-hydrogen) atoms. The number of furan rings is 1. The van der Waals surface area contributed by atoms with Gasteiger partial charge in [0.1, 0.15) is 0 Å². The fourth-order valence-electron chi connectivity index (χ4n) is 1.85. The van der Waals surface area contributed by atoms with Crippen LogP contribution < -0.4 is 5.32 Å². The lowest BCUT2D eigenvalue weighted by atomic mass is 10.3. The first-order chi connectivity index (χ1) is 9.36. The Morgan fingerprint density at radius 3 is 2.68 bits per heavy atom. The van der Waals surface area contributed by atoms with E-state index in [-0.39, 0.29) is 0 Å². The fraction of sp³-hybridized carbons (Fsp3) is 0.714. The van der Waals surface area contributed by atoms with E-state index in [0.29, 0.717) is 0 Å². The first-order valence-electron chi connectivity index (χ1n) is 6.79. The van der Waals surface area contributed by atoms with E-state index in [9.17, 15) is 0 Å². The molecule has 0 aromatic carbocycles. The second-order valence-corrected chi connectivity index (χ2v) is 4.49. The molecule has 0 saturated carbocycles. The number of ether oxygens (including phenoxy) is 2. The van der Waals surface area contributed by atoms with Crippen molar-refractivity contribution in [1.82, 2.24) is 10.2 Å². The van der Waals surface area contributed by atoms with Gasteiger partial charge >= 0.3 is 0 Å². The molecule has 0 unspecified atom stereocenters. The second kappa shape index (κ2) is 11.0. The Hall–Kier alpha value is -0.880. The first kappa shape index (κ1) is 16.2. The van der Waals surface area contributed by atoms with E-state index in [1.807, 2.05) is 6.07 Å². The van der Waals surface area contributed by atoms with Crippen LogP contribution in [0.1, 0.15) is 12.0 Å². The van der Waals surface area contributed by atoms with Gasteiger partial charge in [0, 0.05) is 59.1 Å². The quantitative estimate of drug-likeness (QED) is 0.581. The van der Waals surface area contributed by atoms with E-state index in [1.165, 1.54) is 5.56 Å². The van der Waals surface area contributed by atoms with E-state index >= 15 is 0 Å². The number of rotatable bonds is 12. The zero-order valence-corrected chi connectivity index (χ0v) is 12.1. The average Bonchev–Trinajstić information content (AvgIpc) is 2.93. The molecule has 0 amide bonds. The van der Waals surface area contributed by atoms with Gasteiger partial charge < -0.3 is 19.2 Å². The van der Waals surface area contributed by atoms with Gasteiger partial charge in [0.15, 0.2) is 0 Å². The molecular weight excluding hydrogens is 244 g/mol. The molecule has 1 rings (SSSR count). The van der Waals surface area contributed by atoms with Gasteiger partial charge in [-0.25, -0.2) is 0 Å². The average molecular weight is 270 g/mol. The highest BCUT2D eigenvalue weighted by molar-refractivity contribution is 5.04. The predicted octanol–water partition coefficient (Wildman–Crippen LogP) is 1.35. The van der Waals surface area contributed by atoms with Gasteiger partial charge in [-0.1, -0.05) is 0 Å². The van der Waals surface area contributed by atoms with E-state index in [2.05, 4.69) is 10.2 Å². The van der Waals surface area contributed by atoms with Crippen molar-refractivity contribution in [3.8, 4) is 0 Å². The highest BCUT2D eigenvalue weighted by Crippen LogP contribution is 1.98. The lowest BCUT2D eigenvalue weighted by Crippen LogP contribution is -2.35. The normalized spacial score (nSPS) is 11.3. The summed E-state index contributed by atoms with van der Waals surface area (Å²) in [5.41, 5.74) is 1.18. The lowest BCUT2D eigenvalue weighted by molar-refractivity contribution is 0.133. The highest BCUT2D eigenvalue weighted by Gasteiger charge is 2.04. The van der Waals surface area contributed by atoms with Crippen molar-refractivity contribution in [2.24, 2.45) is 0 Å². The molecule has 0 radical (unpaired) electrons. The molecule has 0 fully saturated rings. The van der Waals surface area contributed by atoms with Crippen molar-refractivity contribution in [3.63, 3.8) is 0 Å². The maximum absolute atomic E-state index is 5.14. The molecule has 0 aliphatic rings. The summed E-state index contributed by atoms with van der Waals surface area (Å²) < 4.78 is 15.3. The Kier molecular flexibility index (Phi) is 9.36. The molecule has 0 bridgehead atoms. The molecule has 1 aromatic rings. The van der Waals surface area contributed by atoms with Crippen LogP contribution in [0.4, 0.5) is 0 Å². The molecule has 0 aliphatic heterocycles. The van der Waals surface area contributed by atoms with Gasteiger partial charge in [0.2, 0.25) is 0 Å². The van der Waals surface area contributed by atoms with Crippen molar-refractivity contribution < 1.29 is 13.9 Å². The summed E-state index contributed by atoms with van der Waals surface area (Å²) in [5, 5.41) is 3.41. The van der Waals surface area contributed by atoms with Crippen LogP contribution in [-0.2, 0) is 16.0 Å². The molecule has 0 spiro atoms. The van der Waals surface area contributed by atoms with Gasteiger partial charge in [-0.15, -0.1) is 0 Å². The molecule has 0 saturated heterocycles. The molecular formula is C14H26N2O3. The molecule has 5 nitrogen and oxygen atoms in total. The van der Waals surface area contributed by atoms with Crippen LogP contribution in [0.3, 0.4) is 0 Å².